The minimum atomic E-state index is -0.698. The van der Waals surface area contributed by atoms with E-state index in [4.69, 9.17) is 23.7 Å². The molecule has 0 N–H and O–H groups in total. The van der Waals surface area contributed by atoms with Gasteiger partial charge in [0.05, 0.1) is 19.8 Å². The third-order valence-corrected chi connectivity index (χ3v) is 3.02. The van der Waals surface area contributed by atoms with Gasteiger partial charge in [0, 0.05) is 19.1 Å². The summed E-state index contributed by atoms with van der Waals surface area (Å²) in [5.41, 5.74) is 1.61. The van der Waals surface area contributed by atoms with E-state index in [-0.39, 0.29) is 0 Å². The molecule has 2 unspecified atom stereocenters. The standard InChI is InChI=1S/C13H16O6/c1-15-9-4-5-10(16-2)12-8(9)6-11(18-7-14)19-13(12)17-3/h4-5,7,11,13H,6H2,1-3H3. The van der Waals surface area contributed by atoms with E-state index in [1.54, 1.807) is 26.4 Å². The topological polar surface area (TPSA) is 63.2 Å². The fraction of sp³-hybridized carbons (Fsp3) is 0.462. The molecule has 104 valence electrons. The number of hydrogen-bond donors (Lipinski definition) is 0. The monoisotopic (exact) mass is 268 g/mol. The van der Waals surface area contributed by atoms with E-state index in [0.29, 0.717) is 24.4 Å². The van der Waals surface area contributed by atoms with E-state index >= 15 is 0 Å². The molecule has 0 saturated heterocycles. The number of carbonyl (C=O) groups excluding carboxylic acids is 1. The lowest BCUT2D eigenvalue weighted by atomic mass is 9.99. The summed E-state index contributed by atoms with van der Waals surface area (Å²) < 4.78 is 26.3. The maximum Gasteiger partial charge on any atom is 0.295 e. The highest BCUT2D eigenvalue weighted by Crippen LogP contribution is 2.41. The molecule has 0 fully saturated rings. The Kier molecular flexibility index (Phi) is 4.24. The lowest BCUT2D eigenvalue weighted by Crippen LogP contribution is -2.30. The summed E-state index contributed by atoms with van der Waals surface area (Å²) in [6, 6.07) is 3.58. The van der Waals surface area contributed by atoms with Gasteiger partial charge in [-0.2, -0.15) is 0 Å². The van der Waals surface area contributed by atoms with Crippen LogP contribution in [0.5, 0.6) is 11.5 Å². The van der Waals surface area contributed by atoms with Crippen LogP contribution in [0, 0.1) is 0 Å². The first-order valence-electron chi connectivity index (χ1n) is 5.76. The lowest BCUT2D eigenvalue weighted by Gasteiger charge is -2.31. The summed E-state index contributed by atoms with van der Waals surface area (Å²) >= 11 is 0. The molecule has 6 nitrogen and oxygen atoms in total. The maximum atomic E-state index is 10.5. The van der Waals surface area contributed by atoms with Crippen molar-refractivity contribution in [2.75, 3.05) is 21.3 Å². The minimum Gasteiger partial charge on any atom is -0.496 e. The van der Waals surface area contributed by atoms with E-state index in [0.717, 1.165) is 11.1 Å². The van der Waals surface area contributed by atoms with E-state index in [2.05, 4.69) is 0 Å². The van der Waals surface area contributed by atoms with Crippen LogP contribution in [0.4, 0.5) is 0 Å². The van der Waals surface area contributed by atoms with Gasteiger partial charge in [0.2, 0.25) is 6.29 Å². The molecule has 1 heterocycles. The normalized spacial score (nSPS) is 21.4. The second-order valence-corrected chi connectivity index (χ2v) is 3.93. The molecule has 2 rings (SSSR count). The zero-order valence-electron chi connectivity index (χ0n) is 11.0. The predicted molar refractivity (Wildman–Crippen MR) is 65.0 cm³/mol. The Morgan fingerprint density at radius 2 is 1.89 bits per heavy atom. The third kappa shape index (κ3) is 2.50. The summed E-state index contributed by atoms with van der Waals surface area (Å²) in [5.74, 6) is 1.33. The van der Waals surface area contributed by atoms with Crippen molar-refractivity contribution in [3.8, 4) is 11.5 Å². The fourth-order valence-electron chi connectivity index (χ4n) is 2.20. The summed E-state index contributed by atoms with van der Waals surface area (Å²) in [4.78, 5) is 10.5. The van der Waals surface area contributed by atoms with Crippen molar-refractivity contribution in [3.63, 3.8) is 0 Å². The van der Waals surface area contributed by atoms with Crippen LogP contribution >= 0.6 is 0 Å². The molecule has 0 amide bonds. The van der Waals surface area contributed by atoms with Gasteiger partial charge in [-0.1, -0.05) is 0 Å². The molecular weight excluding hydrogens is 252 g/mol. The van der Waals surface area contributed by atoms with Crippen molar-refractivity contribution in [3.05, 3.63) is 23.3 Å². The number of benzene rings is 1. The molecule has 1 aromatic rings. The van der Waals surface area contributed by atoms with Gasteiger partial charge in [-0.15, -0.1) is 0 Å². The van der Waals surface area contributed by atoms with Crippen LogP contribution in [0.1, 0.15) is 17.4 Å². The number of rotatable bonds is 5. The molecule has 0 bridgehead atoms. The Hall–Kier alpha value is -1.79. The average Bonchev–Trinajstić information content (AvgIpc) is 2.45. The summed E-state index contributed by atoms with van der Waals surface area (Å²) in [6.45, 7) is 0.356. The van der Waals surface area contributed by atoms with Crippen LogP contribution in [0.2, 0.25) is 0 Å². The Morgan fingerprint density at radius 1 is 1.21 bits per heavy atom. The van der Waals surface area contributed by atoms with Gasteiger partial charge in [-0.3, -0.25) is 4.79 Å². The molecule has 1 aliphatic rings. The molecule has 0 saturated carbocycles. The molecule has 19 heavy (non-hydrogen) atoms. The molecule has 0 aromatic heterocycles. The van der Waals surface area contributed by atoms with E-state index in [1.165, 1.54) is 7.11 Å². The Bertz CT molecular complexity index is 459. The Labute approximate surface area is 111 Å². The van der Waals surface area contributed by atoms with Gasteiger partial charge in [0.25, 0.3) is 6.47 Å². The zero-order valence-corrected chi connectivity index (χ0v) is 11.0. The SMILES string of the molecule is COc1ccc(OC)c2c1CC(OC=O)OC2OC. The Morgan fingerprint density at radius 3 is 2.47 bits per heavy atom. The first-order valence-corrected chi connectivity index (χ1v) is 5.76. The third-order valence-electron chi connectivity index (χ3n) is 3.02. The highest BCUT2D eigenvalue weighted by Gasteiger charge is 2.33. The molecule has 6 heteroatoms. The number of carbonyl (C=O) groups is 1. The van der Waals surface area contributed by atoms with Gasteiger partial charge in [-0.05, 0) is 12.1 Å². The van der Waals surface area contributed by atoms with Crippen LogP contribution in [-0.2, 0) is 25.4 Å². The van der Waals surface area contributed by atoms with Crippen molar-refractivity contribution in [1.29, 1.82) is 0 Å². The van der Waals surface area contributed by atoms with Crippen LogP contribution in [-0.4, -0.2) is 34.1 Å². The molecular formula is C13H16O6. The number of methoxy groups -OCH3 is 3. The van der Waals surface area contributed by atoms with E-state index < -0.39 is 12.6 Å². The largest absolute Gasteiger partial charge is 0.496 e. The van der Waals surface area contributed by atoms with Crippen molar-refractivity contribution in [2.45, 2.75) is 19.0 Å². The molecule has 0 aliphatic carbocycles. The zero-order chi connectivity index (χ0) is 13.8. The number of ether oxygens (including phenoxy) is 5. The molecule has 2 atom stereocenters. The fourth-order valence-corrected chi connectivity index (χ4v) is 2.20. The van der Waals surface area contributed by atoms with Gasteiger partial charge < -0.3 is 23.7 Å². The molecule has 0 radical (unpaired) electrons. The first-order chi connectivity index (χ1) is 9.24. The van der Waals surface area contributed by atoms with Crippen molar-refractivity contribution >= 4 is 6.47 Å². The van der Waals surface area contributed by atoms with E-state index in [1.807, 2.05) is 0 Å². The number of fused-ring (bicyclic) bond motifs is 1. The average molecular weight is 268 g/mol. The van der Waals surface area contributed by atoms with Gasteiger partial charge in [0.15, 0.2) is 6.29 Å². The van der Waals surface area contributed by atoms with Gasteiger partial charge in [0.1, 0.15) is 11.5 Å². The first kappa shape index (κ1) is 13.6. The quantitative estimate of drug-likeness (QED) is 0.753. The highest BCUT2D eigenvalue weighted by molar-refractivity contribution is 5.51. The van der Waals surface area contributed by atoms with Crippen LogP contribution in [0.25, 0.3) is 0 Å². The van der Waals surface area contributed by atoms with Gasteiger partial charge in [-0.25, -0.2) is 0 Å². The summed E-state index contributed by atoms with van der Waals surface area (Å²) in [6.07, 6.45) is -0.983. The Balaban J connectivity index is 2.48. The number of hydrogen-bond acceptors (Lipinski definition) is 6. The van der Waals surface area contributed by atoms with Crippen LogP contribution < -0.4 is 9.47 Å². The van der Waals surface area contributed by atoms with E-state index in [9.17, 15) is 4.79 Å². The lowest BCUT2D eigenvalue weighted by molar-refractivity contribution is -0.238. The highest BCUT2D eigenvalue weighted by atomic mass is 16.8. The van der Waals surface area contributed by atoms with Crippen molar-refractivity contribution in [1.82, 2.24) is 0 Å². The smallest absolute Gasteiger partial charge is 0.295 e. The van der Waals surface area contributed by atoms with Crippen molar-refractivity contribution in [2.24, 2.45) is 0 Å². The molecule has 1 aliphatic heterocycles. The van der Waals surface area contributed by atoms with Crippen LogP contribution in [0.15, 0.2) is 12.1 Å². The molecule has 1 aromatic carbocycles. The second-order valence-electron chi connectivity index (χ2n) is 3.93. The minimum absolute atomic E-state index is 0.356. The molecule has 0 spiro atoms. The summed E-state index contributed by atoms with van der Waals surface area (Å²) in [5, 5.41) is 0. The summed E-state index contributed by atoms with van der Waals surface area (Å²) in [7, 11) is 4.66. The maximum absolute atomic E-state index is 10.5. The second kappa shape index (κ2) is 5.90. The van der Waals surface area contributed by atoms with Gasteiger partial charge >= 0.3 is 0 Å². The van der Waals surface area contributed by atoms with Crippen LogP contribution in [0.3, 0.4) is 0 Å². The van der Waals surface area contributed by atoms with Crippen molar-refractivity contribution < 1.29 is 28.5 Å². The predicted octanol–water partition coefficient (Wildman–Crippen LogP) is 1.42.